The van der Waals surface area contributed by atoms with Crippen LogP contribution < -0.4 is 11.1 Å². The van der Waals surface area contributed by atoms with Gasteiger partial charge < -0.3 is 21.6 Å². The van der Waals surface area contributed by atoms with E-state index in [0.717, 1.165) is 38.5 Å². The molecule has 6 heteroatoms. The van der Waals surface area contributed by atoms with E-state index in [-0.39, 0.29) is 11.4 Å². The first kappa shape index (κ1) is 16.9. The van der Waals surface area contributed by atoms with E-state index in [1.165, 1.54) is 0 Å². The molecule has 2 rings (SSSR count). The molecule has 0 aromatic rings. The van der Waals surface area contributed by atoms with Gasteiger partial charge in [-0.25, -0.2) is 4.79 Å². The Morgan fingerprint density at radius 1 is 0.900 bits per heavy atom. The second kappa shape index (κ2) is 6.54. The second-order valence-electron chi connectivity index (χ2n) is 6.12. The van der Waals surface area contributed by atoms with Crippen molar-refractivity contribution in [2.24, 2.45) is 5.73 Å². The fourth-order valence-electron chi connectivity index (χ4n) is 3.30. The van der Waals surface area contributed by atoms with E-state index in [0.29, 0.717) is 25.7 Å². The first-order valence-corrected chi connectivity index (χ1v) is 7.33. The molecule has 0 spiro atoms. The van der Waals surface area contributed by atoms with Gasteiger partial charge in [0, 0.05) is 0 Å². The minimum atomic E-state index is -1.08. The van der Waals surface area contributed by atoms with Gasteiger partial charge in [0.1, 0.15) is 5.54 Å². The highest BCUT2D eigenvalue weighted by atomic mass is 16.4. The number of carbonyl (C=O) groups is 2. The summed E-state index contributed by atoms with van der Waals surface area (Å²) in [7, 11) is 0. The zero-order chi connectivity index (χ0) is 13.9. The number of carboxylic acid groups (broad SMARTS) is 1. The molecule has 0 atom stereocenters. The van der Waals surface area contributed by atoms with Crippen LogP contribution in [-0.4, -0.2) is 33.5 Å². The number of hydrogen-bond donors (Lipinski definition) is 3. The Kier molecular flexibility index (Phi) is 5.53. The maximum Gasteiger partial charge on any atom is 0.329 e. The van der Waals surface area contributed by atoms with Gasteiger partial charge in [0.25, 0.3) is 0 Å². The normalized spacial score (nSPS) is 24.2. The van der Waals surface area contributed by atoms with Crippen molar-refractivity contribution < 1.29 is 20.2 Å². The van der Waals surface area contributed by atoms with Gasteiger partial charge in [0.05, 0.1) is 5.54 Å². The van der Waals surface area contributed by atoms with E-state index in [1.54, 1.807) is 0 Å². The molecule has 20 heavy (non-hydrogen) atoms. The molecule has 116 valence electrons. The van der Waals surface area contributed by atoms with Crippen molar-refractivity contribution in [3.05, 3.63) is 0 Å². The van der Waals surface area contributed by atoms with Crippen LogP contribution in [0, 0.1) is 0 Å². The first-order valence-electron chi connectivity index (χ1n) is 7.33. The molecule has 2 aliphatic rings. The van der Waals surface area contributed by atoms with Crippen LogP contribution in [0.5, 0.6) is 0 Å². The molecule has 0 aliphatic heterocycles. The van der Waals surface area contributed by atoms with E-state index in [9.17, 15) is 14.7 Å². The van der Waals surface area contributed by atoms with Crippen molar-refractivity contribution >= 4 is 11.9 Å². The van der Waals surface area contributed by atoms with Gasteiger partial charge in [0.15, 0.2) is 0 Å². The highest BCUT2D eigenvalue weighted by Gasteiger charge is 2.45. The quantitative estimate of drug-likeness (QED) is 0.707. The molecule has 1 amide bonds. The largest absolute Gasteiger partial charge is 0.480 e. The van der Waals surface area contributed by atoms with Gasteiger partial charge >= 0.3 is 5.97 Å². The lowest BCUT2D eigenvalue weighted by atomic mass is 9.78. The fourth-order valence-corrected chi connectivity index (χ4v) is 3.30. The van der Waals surface area contributed by atoms with Gasteiger partial charge in [0.2, 0.25) is 5.91 Å². The first-order chi connectivity index (χ1) is 8.99. The monoisotopic (exact) mass is 286 g/mol. The summed E-state index contributed by atoms with van der Waals surface area (Å²) >= 11 is 0. The van der Waals surface area contributed by atoms with Gasteiger partial charge in [-0.1, -0.05) is 38.5 Å². The van der Waals surface area contributed by atoms with Crippen LogP contribution in [0.1, 0.15) is 64.2 Å². The molecule has 6 nitrogen and oxygen atoms in total. The van der Waals surface area contributed by atoms with Crippen LogP contribution in [0.4, 0.5) is 0 Å². The summed E-state index contributed by atoms with van der Waals surface area (Å²) in [4.78, 5) is 23.9. The lowest BCUT2D eigenvalue weighted by Crippen LogP contribution is -2.64. The van der Waals surface area contributed by atoms with Crippen molar-refractivity contribution in [2.45, 2.75) is 75.3 Å². The summed E-state index contributed by atoms with van der Waals surface area (Å²) in [6.45, 7) is 0. The van der Waals surface area contributed by atoms with E-state index in [4.69, 9.17) is 5.73 Å². The molecular weight excluding hydrogens is 260 g/mol. The van der Waals surface area contributed by atoms with E-state index >= 15 is 0 Å². The molecule has 0 aromatic heterocycles. The maximum atomic E-state index is 12.4. The number of carboxylic acids is 1. The zero-order valence-electron chi connectivity index (χ0n) is 11.9. The van der Waals surface area contributed by atoms with E-state index in [2.05, 4.69) is 5.32 Å². The highest BCUT2D eigenvalue weighted by molar-refractivity contribution is 5.92. The Labute approximate surface area is 119 Å². The van der Waals surface area contributed by atoms with Gasteiger partial charge in [-0.2, -0.15) is 0 Å². The Morgan fingerprint density at radius 2 is 1.35 bits per heavy atom. The summed E-state index contributed by atoms with van der Waals surface area (Å²) in [6, 6.07) is 0. The average Bonchev–Trinajstić information content (AvgIpc) is 2.40. The predicted octanol–water partition coefficient (Wildman–Crippen LogP) is 0.727. The third kappa shape index (κ3) is 3.30. The second-order valence-corrected chi connectivity index (χ2v) is 6.12. The summed E-state index contributed by atoms with van der Waals surface area (Å²) < 4.78 is 0. The molecule has 0 bridgehead atoms. The minimum Gasteiger partial charge on any atom is -0.480 e. The van der Waals surface area contributed by atoms with Crippen LogP contribution in [-0.2, 0) is 9.59 Å². The summed E-state index contributed by atoms with van der Waals surface area (Å²) in [5.74, 6) is -1.18. The standard InChI is InChI=1S/C14H24N2O3.H2O/c15-13(7-3-1-4-8-13)11(17)16-14(12(18)19)9-5-2-6-10-14;/h1-10,15H2,(H,16,17)(H,18,19);1H2. The lowest BCUT2D eigenvalue weighted by molar-refractivity contribution is -0.150. The zero-order valence-corrected chi connectivity index (χ0v) is 11.9. The smallest absolute Gasteiger partial charge is 0.329 e. The third-order valence-corrected chi connectivity index (χ3v) is 4.67. The lowest BCUT2D eigenvalue weighted by Gasteiger charge is -2.39. The van der Waals surface area contributed by atoms with Crippen molar-refractivity contribution in [1.29, 1.82) is 0 Å². The third-order valence-electron chi connectivity index (χ3n) is 4.67. The molecular formula is C14H26N2O4. The van der Waals surface area contributed by atoms with Crippen LogP contribution in [0.2, 0.25) is 0 Å². The molecule has 0 aromatic carbocycles. The van der Waals surface area contributed by atoms with Crippen molar-refractivity contribution in [3.63, 3.8) is 0 Å². The Morgan fingerprint density at radius 3 is 1.80 bits per heavy atom. The van der Waals surface area contributed by atoms with Gasteiger partial charge in [-0.05, 0) is 25.7 Å². The molecule has 2 aliphatic carbocycles. The summed E-state index contributed by atoms with van der Waals surface area (Å²) in [6.07, 6.45) is 8.11. The predicted molar refractivity (Wildman–Crippen MR) is 75.2 cm³/mol. The van der Waals surface area contributed by atoms with Crippen molar-refractivity contribution in [3.8, 4) is 0 Å². The summed E-state index contributed by atoms with van der Waals surface area (Å²) in [5.41, 5.74) is 4.23. The molecule has 6 N–H and O–H groups in total. The maximum absolute atomic E-state index is 12.4. The Bertz CT molecular complexity index is 358. The molecule has 0 unspecified atom stereocenters. The number of hydrogen-bond acceptors (Lipinski definition) is 3. The van der Waals surface area contributed by atoms with Crippen molar-refractivity contribution in [2.75, 3.05) is 0 Å². The minimum absolute atomic E-state index is 0. The van der Waals surface area contributed by atoms with Gasteiger partial charge in [-0.3, -0.25) is 4.79 Å². The molecule has 2 fully saturated rings. The number of nitrogens with one attached hydrogen (secondary N) is 1. The number of amides is 1. The fraction of sp³-hybridized carbons (Fsp3) is 0.857. The van der Waals surface area contributed by atoms with Crippen LogP contribution in [0.3, 0.4) is 0 Å². The molecule has 0 heterocycles. The molecule has 0 saturated heterocycles. The number of carbonyl (C=O) groups excluding carboxylic acids is 1. The Hall–Kier alpha value is -1.14. The van der Waals surface area contributed by atoms with E-state index < -0.39 is 17.0 Å². The van der Waals surface area contributed by atoms with Crippen LogP contribution in [0.15, 0.2) is 0 Å². The molecule has 0 radical (unpaired) electrons. The number of nitrogens with two attached hydrogens (primary N) is 1. The number of aliphatic carboxylic acids is 1. The molecule has 2 saturated carbocycles. The van der Waals surface area contributed by atoms with Gasteiger partial charge in [-0.15, -0.1) is 0 Å². The van der Waals surface area contributed by atoms with Crippen LogP contribution in [0.25, 0.3) is 0 Å². The van der Waals surface area contributed by atoms with Crippen molar-refractivity contribution in [1.82, 2.24) is 5.32 Å². The highest BCUT2D eigenvalue weighted by Crippen LogP contribution is 2.31. The SMILES string of the molecule is NC1(C(=O)NC2(C(=O)O)CCCCC2)CCCCC1.O. The van der Waals surface area contributed by atoms with Crippen LogP contribution >= 0.6 is 0 Å². The average molecular weight is 286 g/mol. The number of rotatable bonds is 3. The topological polar surface area (TPSA) is 124 Å². The summed E-state index contributed by atoms with van der Waals surface area (Å²) in [5, 5.41) is 12.2. The van der Waals surface area contributed by atoms with E-state index in [1.807, 2.05) is 0 Å². The Balaban J connectivity index is 0.00000200.